The van der Waals surface area contributed by atoms with Crippen LogP contribution in [0, 0.1) is 0 Å². The number of nitrogens with two attached hydrogens (primary N) is 1. The first-order valence-electron chi connectivity index (χ1n) is 4.94. The highest BCUT2D eigenvalue weighted by molar-refractivity contribution is 9.10. The van der Waals surface area contributed by atoms with Crippen LogP contribution in [0.2, 0.25) is 0 Å². The first-order chi connectivity index (χ1) is 7.15. The van der Waals surface area contributed by atoms with Crippen LogP contribution in [0.5, 0.6) is 0 Å². The molecule has 0 saturated heterocycles. The maximum atomic E-state index is 8.68. The Morgan fingerprint density at radius 1 is 1.53 bits per heavy atom. The third kappa shape index (κ3) is 4.15. The fraction of sp³-hybridized carbons (Fsp3) is 0.455. The zero-order valence-electron chi connectivity index (χ0n) is 8.74. The molecule has 0 fully saturated rings. The summed E-state index contributed by atoms with van der Waals surface area (Å²) in [5.41, 5.74) is 6.94. The molecular weight excluding hydrogens is 274 g/mol. The largest absolute Gasteiger partial charge is 0.396 e. The van der Waals surface area contributed by atoms with Crippen molar-refractivity contribution in [1.82, 2.24) is 0 Å². The van der Waals surface area contributed by atoms with E-state index in [0.29, 0.717) is 0 Å². The van der Waals surface area contributed by atoms with E-state index in [4.69, 9.17) is 10.8 Å². The normalized spacial score (nSPS) is 12.8. The van der Waals surface area contributed by atoms with Crippen LogP contribution in [0.1, 0.15) is 24.9 Å². The highest BCUT2D eigenvalue weighted by Crippen LogP contribution is 2.28. The van der Waals surface area contributed by atoms with E-state index in [1.807, 2.05) is 6.92 Å². The molecule has 1 rings (SSSR count). The molecule has 1 aromatic rings. The minimum Gasteiger partial charge on any atom is -0.396 e. The number of benzene rings is 1. The van der Waals surface area contributed by atoms with E-state index < -0.39 is 0 Å². The minimum atomic E-state index is 0.0517. The maximum Gasteiger partial charge on any atom is 0.0439 e. The average molecular weight is 290 g/mol. The van der Waals surface area contributed by atoms with Crippen LogP contribution in [0.3, 0.4) is 0 Å². The summed E-state index contributed by atoms with van der Waals surface area (Å²) in [7, 11) is 0. The van der Waals surface area contributed by atoms with Gasteiger partial charge in [0.05, 0.1) is 0 Å². The molecule has 0 spiro atoms. The van der Waals surface area contributed by atoms with Crippen molar-refractivity contribution in [3.63, 3.8) is 0 Å². The van der Waals surface area contributed by atoms with Gasteiger partial charge in [-0.05, 0) is 31.0 Å². The van der Waals surface area contributed by atoms with Gasteiger partial charge in [0, 0.05) is 27.8 Å². The van der Waals surface area contributed by atoms with Crippen molar-refractivity contribution in [2.24, 2.45) is 5.73 Å². The predicted molar refractivity (Wildman–Crippen MR) is 69.2 cm³/mol. The standard InChI is InChI=1S/C11H16BrNOS/c1-8(13)10-4-3-9(7-11(10)12)15-6-2-5-14/h3-4,7-8,14H,2,5-6,13H2,1H3. The molecule has 3 N–H and O–H groups in total. The molecule has 0 bridgehead atoms. The monoisotopic (exact) mass is 289 g/mol. The van der Waals surface area contributed by atoms with E-state index in [1.54, 1.807) is 11.8 Å². The zero-order valence-corrected chi connectivity index (χ0v) is 11.1. The van der Waals surface area contributed by atoms with Gasteiger partial charge in [-0.15, -0.1) is 11.8 Å². The average Bonchev–Trinajstić information content (AvgIpc) is 2.17. The Bertz CT molecular complexity index is 317. The maximum absolute atomic E-state index is 8.68. The molecule has 0 amide bonds. The quantitative estimate of drug-likeness (QED) is 0.647. The molecule has 0 aliphatic rings. The molecule has 0 radical (unpaired) electrons. The highest BCUT2D eigenvalue weighted by atomic mass is 79.9. The number of rotatable bonds is 5. The summed E-state index contributed by atoms with van der Waals surface area (Å²) < 4.78 is 1.06. The van der Waals surface area contributed by atoms with E-state index in [9.17, 15) is 0 Å². The highest BCUT2D eigenvalue weighted by Gasteiger charge is 2.05. The molecule has 0 aliphatic heterocycles. The van der Waals surface area contributed by atoms with Gasteiger partial charge in [0.2, 0.25) is 0 Å². The lowest BCUT2D eigenvalue weighted by molar-refractivity contribution is 0.296. The van der Waals surface area contributed by atoms with Crippen LogP contribution in [0.25, 0.3) is 0 Å². The second-order valence-electron chi connectivity index (χ2n) is 3.40. The van der Waals surface area contributed by atoms with E-state index in [0.717, 1.165) is 22.2 Å². The van der Waals surface area contributed by atoms with Gasteiger partial charge in [-0.25, -0.2) is 0 Å². The van der Waals surface area contributed by atoms with Crippen molar-refractivity contribution in [2.75, 3.05) is 12.4 Å². The Labute approximate surface area is 103 Å². The summed E-state index contributed by atoms with van der Waals surface area (Å²) in [6.45, 7) is 2.23. The van der Waals surface area contributed by atoms with Gasteiger partial charge < -0.3 is 10.8 Å². The number of thioether (sulfide) groups is 1. The first kappa shape index (κ1) is 13.0. The van der Waals surface area contributed by atoms with Crippen molar-refractivity contribution >= 4 is 27.7 Å². The molecule has 0 saturated carbocycles. The van der Waals surface area contributed by atoms with Gasteiger partial charge in [-0.1, -0.05) is 22.0 Å². The molecule has 1 atom stereocenters. The van der Waals surface area contributed by atoms with Crippen LogP contribution >= 0.6 is 27.7 Å². The van der Waals surface area contributed by atoms with E-state index >= 15 is 0 Å². The van der Waals surface area contributed by atoms with Crippen LogP contribution < -0.4 is 5.73 Å². The van der Waals surface area contributed by atoms with Gasteiger partial charge in [0.1, 0.15) is 0 Å². The number of aliphatic hydroxyl groups excluding tert-OH is 1. The third-order valence-electron chi connectivity index (χ3n) is 2.03. The van der Waals surface area contributed by atoms with Gasteiger partial charge in [-0.2, -0.15) is 0 Å². The van der Waals surface area contributed by atoms with Crippen LogP contribution in [0.4, 0.5) is 0 Å². The van der Waals surface area contributed by atoms with Crippen LogP contribution in [-0.4, -0.2) is 17.5 Å². The summed E-state index contributed by atoms with van der Waals surface area (Å²) in [5, 5.41) is 8.68. The number of hydrogen-bond donors (Lipinski definition) is 2. The van der Waals surface area contributed by atoms with Crippen molar-refractivity contribution < 1.29 is 5.11 Å². The van der Waals surface area contributed by atoms with E-state index in [-0.39, 0.29) is 12.6 Å². The lowest BCUT2D eigenvalue weighted by Gasteiger charge is -2.09. The molecule has 0 heterocycles. The summed E-state index contributed by atoms with van der Waals surface area (Å²) >= 11 is 5.26. The van der Waals surface area contributed by atoms with Gasteiger partial charge in [-0.3, -0.25) is 0 Å². The number of halogens is 1. The predicted octanol–water partition coefficient (Wildman–Crippen LogP) is 2.94. The van der Waals surface area contributed by atoms with Crippen molar-refractivity contribution in [1.29, 1.82) is 0 Å². The van der Waals surface area contributed by atoms with E-state index in [1.165, 1.54) is 4.90 Å². The van der Waals surface area contributed by atoms with Gasteiger partial charge in [0.15, 0.2) is 0 Å². The fourth-order valence-corrected chi connectivity index (χ4v) is 2.99. The summed E-state index contributed by atoms with van der Waals surface area (Å²) in [4.78, 5) is 1.21. The Morgan fingerprint density at radius 3 is 2.80 bits per heavy atom. The molecule has 15 heavy (non-hydrogen) atoms. The minimum absolute atomic E-state index is 0.0517. The van der Waals surface area contributed by atoms with Crippen molar-refractivity contribution in [3.05, 3.63) is 28.2 Å². The van der Waals surface area contributed by atoms with E-state index in [2.05, 4.69) is 34.1 Å². The Hall–Kier alpha value is -0.0300. The fourth-order valence-electron chi connectivity index (χ4n) is 1.22. The lowest BCUT2D eigenvalue weighted by Crippen LogP contribution is -2.05. The molecular formula is C11H16BrNOS. The zero-order chi connectivity index (χ0) is 11.3. The number of hydrogen-bond acceptors (Lipinski definition) is 3. The van der Waals surface area contributed by atoms with Crippen LogP contribution in [0.15, 0.2) is 27.6 Å². The number of aliphatic hydroxyl groups is 1. The second kappa shape index (κ2) is 6.53. The molecule has 1 unspecified atom stereocenters. The molecule has 0 aromatic heterocycles. The molecule has 0 aliphatic carbocycles. The SMILES string of the molecule is CC(N)c1ccc(SCCCO)cc1Br. The Kier molecular flexibility index (Phi) is 5.68. The Balaban J connectivity index is 2.65. The first-order valence-corrected chi connectivity index (χ1v) is 6.71. The third-order valence-corrected chi connectivity index (χ3v) is 3.80. The summed E-state index contributed by atoms with van der Waals surface area (Å²) in [6.07, 6.45) is 0.831. The molecule has 1 aromatic carbocycles. The Morgan fingerprint density at radius 2 is 2.27 bits per heavy atom. The lowest BCUT2D eigenvalue weighted by atomic mass is 10.1. The van der Waals surface area contributed by atoms with Gasteiger partial charge >= 0.3 is 0 Å². The summed E-state index contributed by atoms with van der Waals surface area (Å²) in [6, 6.07) is 6.26. The summed E-state index contributed by atoms with van der Waals surface area (Å²) in [5.74, 6) is 0.945. The topological polar surface area (TPSA) is 46.2 Å². The smallest absolute Gasteiger partial charge is 0.0439 e. The van der Waals surface area contributed by atoms with Gasteiger partial charge in [0.25, 0.3) is 0 Å². The van der Waals surface area contributed by atoms with Crippen molar-refractivity contribution in [3.8, 4) is 0 Å². The van der Waals surface area contributed by atoms with Crippen molar-refractivity contribution in [2.45, 2.75) is 24.3 Å². The molecule has 4 heteroatoms. The molecule has 84 valence electrons. The van der Waals surface area contributed by atoms with Crippen LogP contribution in [-0.2, 0) is 0 Å². The second-order valence-corrected chi connectivity index (χ2v) is 5.42. The molecule has 2 nitrogen and oxygen atoms in total.